The Hall–Kier alpha value is -3.35. The minimum atomic E-state index is -0.798. The Morgan fingerprint density at radius 3 is 2.93 bits per heavy atom. The van der Waals surface area contributed by atoms with E-state index in [0.717, 1.165) is 22.4 Å². The Morgan fingerprint density at radius 1 is 1.26 bits per heavy atom. The molecule has 3 unspecified atom stereocenters. The van der Waals surface area contributed by atoms with Crippen LogP contribution in [-0.4, -0.2) is 27.3 Å². The summed E-state index contributed by atoms with van der Waals surface area (Å²) >= 11 is 0. The van der Waals surface area contributed by atoms with Gasteiger partial charge >= 0.3 is 5.97 Å². The molecule has 0 bridgehead atoms. The Balaban J connectivity index is 1.28. The van der Waals surface area contributed by atoms with Crippen molar-refractivity contribution >= 4 is 5.97 Å². The predicted octanol–water partition coefficient (Wildman–Crippen LogP) is 3.18. The van der Waals surface area contributed by atoms with E-state index in [1.54, 1.807) is 6.92 Å². The number of aromatic nitrogens is 2. The first-order valence-electron chi connectivity index (χ1n) is 8.66. The zero-order valence-corrected chi connectivity index (χ0v) is 14.5. The SMILES string of the molecule is Cc1nc(-c2cccc(COc3ccc4c(c3)OC3C(C(=O)O)C43)c2)no1. The van der Waals surface area contributed by atoms with E-state index in [9.17, 15) is 4.79 Å². The van der Waals surface area contributed by atoms with Crippen molar-refractivity contribution in [2.45, 2.75) is 25.6 Å². The van der Waals surface area contributed by atoms with Crippen molar-refractivity contribution in [1.29, 1.82) is 0 Å². The minimum Gasteiger partial charge on any atom is -0.489 e. The maximum Gasteiger partial charge on any atom is 0.311 e. The highest BCUT2D eigenvalue weighted by atomic mass is 16.5. The number of ether oxygens (including phenoxy) is 2. The lowest BCUT2D eigenvalue weighted by Gasteiger charge is -2.10. The Morgan fingerprint density at radius 2 is 2.15 bits per heavy atom. The van der Waals surface area contributed by atoms with Crippen molar-refractivity contribution in [3.8, 4) is 22.9 Å². The number of fused-ring (bicyclic) bond motifs is 3. The van der Waals surface area contributed by atoms with Crippen molar-refractivity contribution < 1.29 is 23.9 Å². The average Bonchev–Trinajstić information content (AvgIpc) is 3.01. The summed E-state index contributed by atoms with van der Waals surface area (Å²) in [5.74, 6) is 1.23. The Bertz CT molecular complexity index is 1040. The third-order valence-corrected chi connectivity index (χ3v) is 4.96. The fraction of sp³-hybridized carbons (Fsp3) is 0.250. The lowest BCUT2D eigenvalue weighted by molar-refractivity contribution is -0.139. The maximum atomic E-state index is 11.1. The van der Waals surface area contributed by atoms with Crippen LogP contribution in [0.2, 0.25) is 0 Å². The summed E-state index contributed by atoms with van der Waals surface area (Å²) < 4.78 is 16.6. The van der Waals surface area contributed by atoms with E-state index in [2.05, 4.69) is 10.1 Å². The molecule has 2 aromatic carbocycles. The molecule has 1 aromatic heterocycles. The number of carboxylic acids is 1. The highest BCUT2D eigenvalue weighted by Crippen LogP contribution is 2.58. The number of aliphatic carboxylic acids is 1. The molecular formula is C20H16N2O5. The number of carboxylic acid groups (broad SMARTS) is 1. The molecule has 1 saturated carbocycles. The monoisotopic (exact) mass is 364 g/mol. The predicted molar refractivity (Wildman–Crippen MR) is 93.5 cm³/mol. The molecule has 1 N–H and O–H groups in total. The van der Waals surface area contributed by atoms with Gasteiger partial charge in [-0.15, -0.1) is 0 Å². The molecule has 27 heavy (non-hydrogen) atoms. The van der Waals surface area contributed by atoms with Gasteiger partial charge in [-0.2, -0.15) is 4.98 Å². The second-order valence-electron chi connectivity index (χ2n) is 6.80. The molecule has 5 rings (SSSR count). The van der Waals surface area contributed by atoms with Crippen molar-refractivity contribution in [1.82, 2.24) is 10.1 Å². The van der Waals surface area contributed by atoms with Crippen molar-refractivity contribution in [3.05, 3.63) is 59.5 Å². The molecular weight excluding hydrogens is 348 g/mol. The van der Waals surface area contributed by atoms with Gasteiger partial charge in [0.25, 0.3) is 0 Å². The minimum absolute atomic E-state index is 0.0263. The first-order chi connectivity index (χ1) is 13.1. The molecule has 0 radical (unpaired) electrons. The molecule has 1 aliphatic heterocycles. The molecule has 2 aliphatic rings. The lowest BCUT2D eigenvalue weighted by Crippen LogP contribution is -2.08. The van der Waals surface area contributed by atoms with Crippen LogP contribution in [0.25, 0.3) is 11.4 Å². The van der Waals surface area contributed by atoms with Crippen molar-refractivity contribution in [3.63, 3.8) is 0 Å². The summed E-state index contributed by atoms with van der Waals surface area (Å²) in [5, 5.41) is 13.1. The van der Waals surface area contributed by atoms with E-state index in [4.69, 9.17) is 19.1 Å². The highest BCUT2D eigenvalue weighted by Gasteiger charge is 2.63. The van der Waals surface area contributed by atoms with E-state index >= 15 is 0 Å². The second-order valence-corrected chi connectivity index (χ2v) is 6.80. The van der Waals surface area contributed by atoms with Crippen LogP contribution in [-0.2, 0) is 11.4 Å². The number of benzene rings is 2. The molecule has 3 aromatic rings. The number of hydrogen-bond donors (Lipinski definition) is 1. The van der Waals surface area contributed by atoms with Crippen LogP contribution in [0.1, 0.15) is 22.9 Å². The van der Waals surface area contributed by atoms with Gasteiger partial charge in [-0.1, -0.05) is 29.4 Å². The van der Waals surface area contributed by atoms with Gasteiger partial charge in [0, 0.05) is 30.0 Å². The van der Waals surface area contributed by atoms with Gasteiger partial charge in [-0.3, -0.25) is 4.79 Å². The van der Waals surface area contributed by atoms with E-state index < -0.39 is 11.9 Å². The summed E-state index contributed by atoms with van der Waals surface area (Å²) in [6.45, 7) is 2.13. The third-order valence-electron chi connectivity index (χ3n) is 4.96. The van der Waals surface area contributed by atoms with Gasteiger partial charge in [-0.05, 0) is 17.7 Å². The highest BCUT2D eigenvalue weighted by molar-refractivity contribution is 5.79. The number of aryl methyl sites for hydroxylation is 1. The van der Waals surface area contributed by atoms with Crippen LogP contribution in [0.3, 0.4) is 0 Å². The van der Waals surface area contributed by atoms with Crippen LogP contribution in [0, 0.1) is 12.8 Å². The fourth-order valence-corrected chi connectivity index (χ4v) is 3.61. The second kappa shape index (κ2) is 5.84. The van der Waals surface area contributed by atoms with Crippen LogP contribution in [0.5, 0.6) is 11.5 Å². The van der Waals surface area contributed by atoms with E-state index in [-0.39, 0.29) is 12.0 Å². The average molecular weight is 364 g/mol. The first kappa shape index (κ1) is 15.9. The van der Waals surface area contributed by atoms with E-state index in [1.165, 1.54) is 0 Å². The summed E-state index contributed by atoms with van der Waals surface area (Å²) in [5.41, 5.74) is 2.80. The molecule has 2 heterocycles. The standard InChI is InChI=1S/C20H16N2O5/c1-10-21-19(22-27-10)12-4-2-3-11(7-12)9-25-13-5-6-14-15(8-13)26-18-16(14)17(18)20(23)24/h2-8,16-18H,9H2,1H3,(H,23,24). The van der Waals surface area contributed by atoms with E-state index in [1.807, 2.05) is 42.5 Å². The molecule has 7 heteroatoms. The number of rotatable bonds is 5. The fourth-order valence-electron chi connectivity index (χ4n) is 3.61. The molecule has 1 aliphatic carbocycles. The van der Waals surface area contributed by atoms with Crippen LogP contribution in [0.15, 0.2) is 47.0 Å². The summed E-state index contributed by atoms with van der Waals surface area (Å²) in [6.07, 6.45) is -0.233. The van der Waals surface area contributed by atoms with Gasteiger partial charge < -0.3 is 19.1 Å². The van der Waals surface area contributed by atoms with Crippen LogP contribution in [0.4, 0.5) is 0 Å². The molecule has 7 nitrogen and oxygen atoms in total. The molecule has 0 spiro atoms. The molecule has 0 amide bonds. The quantitative estimate of drug-likeness (QED) is 0.743. The third kappa shape index (κ3) is 2.71. The van der Waals surface area contributed by atoms with Gasteiger partial charge in [0.1, 0.15) is 30.1 Å². The summed E-state index contributed by atoms with van der Waals surface area (Å²) in [4.78, 5) is 15.4. The summed E-state index contributed by atoms with van der Waals surface area (Å²) in [6, 6.07) is 13.3. The van der Waals surface area contributed by atoms with Crippen molar-refractivity contribution in [2.75, 3.05) is 0 Å². The topological polar surface area (TPSA) is 94.7 Å². The van der Waals surface area contributed by atoms with Crippen molar-refractivity contribution in [2.24, 2.45) is 5.92 Å². The molecule has 136 valence electrons. The largest absolute Gasteiger partial charge is 0.489 e. The summed E-state index contributed by atoms with van der Waals surface area (Å²) in [7, 11) is 0. The van der Waals surface area contributed by atoms with Gasteiger partial charge in [-0.25, -0.2) is 0 Å². The first-order valence-corrected chi connectivity index (χ1v) is 8.66. The van der Waals surface area contributed by atoms with Gasteiger partial charge in [0.2, 0.25) is 11.7 Å². The van der Waals surface area contributed by atoms with Crippen LogP contribution >= 0.6 is 0 Å². The number of hydrogen-bond acceptors (Lipinski definition) is 6. The van der Waals surface area contributed by atoms with Gasteiger partial charge in [0.05, 0.1) is 0 Å². The lowest BCUT2D eigenvalue weighted by atomic mass is 10.1. The zero-order chi connectivity index (χ0) is 18.5. The maximum absolute atomic E-state index is 11.1. The Kier molecular flexibility index (Phi) is 3.43. The number of nitrogens with zero attached hydrogens (tertiary/aromatic N) is 2. The molecule has 1 fully saturated rings. The van der Waals surface area contributed by atoms with Crippen LogP contribution < -0.4 is 9.47 Å². The number of carbonyl (C=O) groups is 1. The van der Waals surface area contributed by atoms with E-state index in [0.29, 0.717) is 24.1 Å². The molecule has 0 saturated heterocycles. The Labute approximate surface area is 154 Å². The molecule has 3 atom stereocenters. The smallest absolute Gasteiger partial charge is 0.311 e. The van der Waals surface area contributed by atoms with Gasteiger partial charge in [0.15, 0.2) is 0 Å². The zero-order valence-electron chi connectivity index (χ0n) is 14.5. The normalized spacial score (nSPS) is 21.9.